The van der Waals surface area contributed by atoms with E-state index in [9.17, 15) is 4.79 Å². The number of hydrogen-bond donors (Lipinski definition) is 2. The van der Waals surface area contributed by atoms with Crippen molar-refractivity contribution >= 4 is 11.7 Å². The summed E-state index contributed by atoms with van der Waals surface area (Å²) in [6, 6.07) is 6.14. The van der Waals surface area contributed by atoms with Gasteiger partial charge in [-0.2, -0.15) is 0 Å². The topological polar surface area (TPSA) is 71.2 Å². The molecule has 5 heteroatoms. The van der Waals surface area contributed by atoms with Crippen LogP contribution < -0.4 is 11.1 Å². The molecule has 5 nitrogen and oxygen atoms in total. The fraction of sp³-hybridized carbons (Fsp3) is 0.625. The zero-order chi connectivity index (χ0) is 15.1. The highest BCUT2D eigenvalue weighted by atomic mass is 16.1. The summed E-state index contributed by atoms with van der Waals surface area (Å²) >= 11 is 0. The summed E-state index contributed by atoms with van der Waals surface area (Å²) in [5, 5.41) is 3.32. The highest BCUT2D eigenvalue weighted by Crippen LogP contribution is 2.21. The fourth-order valence-corrected chi connectivity index (χ4v) is 2.78. The molecule has 1 aromatic rings. The normalized spacial score (nSPS) is 16.8. The highest BCUT2D eigenvalue weighted by Gasteiger charge is 2.20. The summed E-state index contributed by atoms with van der Waals surface area (Å²) < 4.78 is 0. The number of anilines is 1. The molecule has 1 fully saturated rings. The molecule has 21 heavy (non-hydrogen) atoms. The molecule has 0 bridgehead atoms. The van der Waals surface area contributed by atoms with Crippen molar-refractivity contribution in [1.29, 1.82) is 0 Å². The summed E-state index contributed by atoms with van der Waals surface area (Å²) in [6.07, 6.45) is 3.73. The van der Waals surface area contributed by atoms with Gasteiger partial charge in [0.1, 0.15) is 5.82 Å². The van der Waals surface area contributed by atoms with Crippen molar-refractivity contribution in [3.63, 3.8) is 0 Å². The number of amides is 1. The predicted molar refractivity (Wildman–Crippen MR) is 84.8 cm³/mol. The molecule has 0 aromatic carbocycles. The smallest absolute Gasteiger partial charge is 0.217 e. The second-order valence-electron chi connectivity index (χ2n) is 5.83. The standard InChI is InChI=1S/C16H26N4O/c1-2-8-18-16-5-3-4-14(19-16)12-20-9-6-13(7-10-20)11-15(17)21/h3-5,13H,2,6-12H2,1H3,(H2,17,21)(H,18,19). The van der Waals surface area contributed by atoms with Crippen LogP contribution in [0.5, 0.6) is 0 Å². The summed E-state index contributed by atoms with van der Waals surface area (Å²) in [5.74, 6) is 1.24. The maximum absolute atomic E-state index is 11.0. The van der Waals surface area contributed by atoms with Crippen molar-refractivity contribution in [2.75, 3.05) is 25.0 Å². The van der Waals surface area contributed by atoms with E-state index in [0.29, 0.717) is 12.3 Å². The summed E-state index contributed by atoms with van der Waals surface area (Å²) in [4.78, 5) is 18.0. The molecular weight excluding hydrogens is 264 g/mol. The number of rotatable bonds is 7. The second kappa shape index (κ2) is 7.98. The van der Waals surface area contributed by atoms with Gasteiger partial charge < -0.3 is 11.1 Å². The van der Waals surface area contributed by atoms with E-state index < -0.39 is 0 Å². The Balaban J connectivity index is 1.81. The van der Waals surface area contributed by atoms with E-state index in [1.165, 1.54) is 0 Å². The molecule has 3 N–H and O–H groups in total. The summed E-state index contributed by atoms with van der Waals surface area (Å²) in [7, 11) is 0. The van der Waals surface area contributed by atoms with Gasteiger partial charge >= 0.3 is 0 Å². The molecule has 1 aliphatic heterocycles. The lowest BCUT2D eigenvalue weighted by Crippen LogP contribution is -2.34. The minimum Gasteiger partial charge on any atom is -0.370 e. The predicted octanol–water partition coefficient (Wildman–Crippen LogP) is 1.99. The van der Waals surface area contributed by atoms with E-state index in [-0.39, 0.29) is 5.91 Å². The minimum absolute atomic E-state index is 0.176. The van der Waals surface area contributed by atoms with Crippen molar-refractivity contribution in [2.45, 2.75) is 39.2 Å². The van der Waals surface area contributed by atoms with Crippen LogP contribution in [0.2, 0.25) is 0 Å². The van der Waals surface area contributed by atoms with Crippen LogP contribution in [0.3, 0.4) is 0 Å². The molecule has 1 aromatic heterocycles. The zero-order valence-corrected chi connectivity index (χ0v) is 12.8. The molecule has 2 heterocycles. The maximum atomic E-state index is 11.0. The van der Waals surface area contributed by atoms with Gasteiger partial charge in [0.2, 0.25) is 5.91 Å². The van der Waals surface area contributed by atoms with Crippen molar-refractivity contribution in [2.24, 2.45) is 11.7 Å². The number of carbonyl (C=O) groups excluding carboxylic acids is 1. The van der Waals surface area contributed by atoms with Crippen LogP contribution in [0.4, 0.5) is 5.82 Å². The lowest BCUT2D eigenvalue weighted by atomic mass is 9.93. The van der Waals surface area contributed by atoms with Crippen LogP contribution in [0.15, 0.2) is 18.2 Å². The first-order chi connectivity index (χ1) is 10.2. The van der Waals surface area contributed by atoms with Gasteiger partial charge in [-0.3, -0.25) is 9.69 Å². The van der Waals surface area contributed by atoms with Gasteiger partial charge in [0, 0.05) is 19.5 Å². The number of carbonyl (C=O) groups is 1. The third kappa shape index (κ3) is 5.34. The Bertz CT molecular complexity index is 455. The number of aromatic nitrogens is 1. The van der Waals surface area contributed by atoms with Gasteiger partial charge in [0.15, 0.2) is 0 Å². The first-order valence-corrected chi connectivity index (χ1v) is 7.88. The van der Waals surface area contributed by atoms with Crippen LogP contribution in [-0.2, 0) is 11.3 Å². The number of nitrogens with zero attached hydrogens (tertiary/aromatic N) is 2. The Morgan fingerprint density at radius 3 is 2.86 bits per heavy atom. The van der Waals surface area contributed by atoms with Crippen LogP contribution in [0, 0.1) is 5.92 Å². The lowest BCUT2D eigenvalue weighted by Gasteiger charge is -2.31. The molecule has 116 valence electrons. The third-order valence-corrected chi connectivity index (χ3v) is 3.95. The van der Waals surface area contributed by atoms with Crippen LogP contribution in [0.25, 0.3) is 0 Å². The van der Waals surface area contributed by atoms with E-state index >= 15 is 0 Å². The SMILES string of the molecule is CCCNc1cccc(CN2CCC(CC(N)=O)CC2)n1. The van der Waals surface area contributed by atoms with Crippen molar-refractivity contribution in [3.8, 4) is 0 Å². The zero-order valence-electron chi connectivity index (χ0n) is 12.8. The average molecular weight is 290 g/mol. The third-order valence-electron chi connectivity index (χ3n) is 3.95. The number of piperidine rings is 1. The molecule has 1 saturated heterocycles. The number of nitrogens with one attached hydrogen (secondary N) is 1. The molecule has 2 rings (SSSR count). The molecule has 0 unspecified atom stereocenters. The van der Waals surface area contributed by atoms with Crippen LogP contribution in [-0.4, -0.2) is 35.4 Å². The first-order valence-electron chi connectivity index (χ1n) is 7.88. The molecule has 0 spiro atoms. The Kier molecular flexibility index (Phi) is 5.99. The molecular formula is C16H26N4O. The van der Waals surface area contributed by atoms with Gasteiger partial charge in [-0.15, -0.1) is 0 Å². The Morgan fingerprint density at radius 1 is 1.43 bits per heavy atom. The number of primary amides is 1. The number of pyridine rings is 1. The van der Waals surface area contributed by atoms with Crippen molar-refractivity contribution < 1.29 is 4.79 Å². The maximum Gasteiger partial charge on any atom is 0.217 e. The quantitative estimate of drug-likeness (QED) is 0.805. The minimum atomic E-state index is -0.176. The molecule has 1 amide bonds. The van der Waals surface area contributed by atoms with E-state index in [1.54, 1.807) is 0 Å². The molecule has 0 atom stereocenters. The largest absolute Gasteiger partial charge is 0.370 e. The van der Waals surface area contributed by atoms with E-state index in [0.717, 1.165) is 57.0 Å². The number of nitrogens with two attached hydrogens (primary N) is 1. The van der Waals surface area contributed by atoms with E-state index in [4.69, 9.17) is 5.73 Å². The van der Waals surface area contributed by atoms with Gasteiger partial charge in [0.25, 0.3) is 0 Å². The van der Waals surface area contributed by atoms with Crippen molar-refractivity contribution in [3.05, 3.63) is 23.9 Å². The molecule has 0 aliphatic carbocycles. The monoisotopic (exact) mass is 290 g/mol. The number of hydrogen-bond acceptors (Lipinski definition) is 4. The first kappa shape index (κ1) is 15.8. The van der Waals surface area contributed by atoms with Crippen LogP contribution >= 0.6 is 0 Å². The Hall–Kier alpha value is -1.62. The lowest BCUT2D eigenvalue weighted by molar-refractivity contribution is -0.119. The molecule has 0 saturated carbocycles. The van der Waals surface area contributed by atoms with Gasteiger partial charge in [0.05, 0.1) is 5.69 Å². The fourth-order valence-electron chi connectivity index (χ4n) is 2.78. The summed E-state index contributed by atoms with van der Waals surface area (Å²) in [5.41, 5.74) is 6.37. The highest BCUT2D eigenvalue weighted by molar-refractivity contribution is 5.73. The van der Waals surface area contributed by atoms with Gasteiger partial charge in [-0.1, -0.05) is 13.0 Å². The Labute approximate surface area is 126 Å². The van der Waals surface area contributed by atoms with Crippen LogP contribution in [0.1, 0.15) is 38.3 Å². The second-order valence-corrected chi connectivity index (χ2v) is 5.83. The van der Waals surface area contributed by atoms with E-state index in [1.807, 2.05) is 6.07 Å². The molecule has 1 aliphatic rings. The number of likely N-dealkylation sites (tertiary alicyclic amines) is 1. The van der Waals surface area contributed by atoms with Gasteiger partial charge in [-0.05, 0) is 50.4 Å². The van der Waals surface area contributed by atoms with Gasteiger partial charge in [-0.25, -0.2) is 4.98 Å². The summed E-state index contributed by atoms with van der Waals surface area (Å²) in [6.45, 7) is 6.02. The Morgan fingerprint density at radius 2 is 2.19 bits per heavy atom. The van der Waals surface area contributed by atoms with Crippen molar-refractivity contribution in [1.82, 2.24) is 9.88 Å². The van der Waals surface area contributed by atoms with E-state index in [2.05, 4.69) is 34.3 Å². The average Bonchev–Trinajstić information content (AvgIpc) is 2.47. The molecule has 0 radical (unpaired) electrons.